The molecule has 23 heavy (non-hydrogen) atoms. The molecule has 0 atom stereocenters. The first kappa shape index (κ1) is 17.2. The van der Waals surface area contributed by atoms with Crippen LogP contribution in [0.4, 0.5) is 0 Å². The number of ether oxygens (including phenoxy) is 2. The van der Waals surface area contributed by atoms with Gasteiger partial charge in [0.1, 0.15) is 11.5 Å². The maximum atomic E-state index is 12.6. The molecule has 4 nitrogen and oxygen atoms in total. The molecule has 2 aromatic rings. The van der Waals surface area contributed by atoms with Gasteiger partial charge in [0.15, 0.2) is 0 Å². The Balaban J connectivity index is 2.27. The van der Waals surface area contributed by atoms with Gasteiger partial charge in [-0.15, -0.1) is 0 Å². The van der Waals surface area contributed by atoms with Gasteiger partial charge in [0.25, 0.3) is 5.91 Å². The van der Waals surface area contributed by atoms with E-state index >= 15 is 0 Å². The highest BCUT2D eigenvalue weighted by Crippen LogP contribution is 2.26. The number of carbonyl (C=O) groups excluding carboxylic acids is 1. The second-order valence-corrected chi connectivity index (χ2v) is 6.13. The summed E-state index contributed by atoms with van der Waals surface area (Å²) in [6, 6.07) is 12.5. The molecule has 1 N–H and O–H groups in total. The van der Waals surface area contributed by atoms with Crippen LogP contribution in [0.3, 0.4) is 0 Å². The van der Waals surface area contributed by atoms with E-state index in [4.69, 9.17) is 21.1 Å². The van der Waals surface area contributed by atoms with E-state index in [0.29, 0.717) is 22.1 Å². The Hall–Kier alpha value is -2.20. The first-order valence-electron chi connectivity index (χ1n) is 7.17. The molecule has 0 fully saturated rings. The van der Waals surface area contributed by atoms with Crippen molar-refractivity contribution in [3.8, 4) is 11.5 Å². The minimum atomic E-state index is -0.571. The van der Waals surface area contributed by atoms with Gasteiger partial charge in [0.05, 0.1) is 19.8 Å². The number of carbonyl (C=O) groups is 1. The molecule has 0 saturated heterocycles. The summed E-state index contributed by atoms with van der Waals surface area (Å²) in [6.45, 7) is 3.85. The molecule has 2 aromatic carbocycles. The molecule has 0 aliphatic rings. The van der Waals surface area contributed by atoms with Crippen molar-refractivity contribution in [2.24, 2.45) is 0 Å². The highest BCUT2D eigenvalue weighted by molar-refractivity contribution is 6.30. The van der Waals surface area contributed by atoms with Gasteiger partial charge in [-0.2, -0.15) is 0 Å². The Labute approximate surface area is 141 Å². The molecule has 0 heterocycles. The zero-order valence-electron chi connectivity index (χ0n) is 13.6. The number of hydrogen-bond acceptors (Lipinski definition) is 3. The molecule has 1 amide bonds. The van der Waals surface area contributed by atoms with Gasteiger partial charge < -0.3 is 14.8 Å². The second kappa shape index (κ2) is 6.92. The quantitative estimate of drug-likeness (QED) is 0.899. The van der Waals surface area contributed by atoms with Gasteiger partial charge in [-0.05, 0) is 43.7 Å². The van der Waals surface area contributed by atoms with Gasteiger partial charge >= 0.3 is 0 Å². The van der Waals surface area contributed by atoms with Crippen LogP contribution in [0, 0.1) is 0 Å². The molecule has 0 spiro atoms. The Morgan fingerprint density at radius 3 is 2.17 bits per heavy atom. The normalized spacial score (nSPS) is 11.0. The molecular weight excluding hydrogens is 314 g/mol. The fourth-order valence-electron chi connectivity index (χ4n) is 2.24. The third kappa shape index (κ3) is 4.17. The number of amides is 1. The number of hydrogen-bond donors (Lipinski definition) is 1. The summed E-state index contributed by atoms with van der Waals surface area (Å²) in [6.07, 6.45) is 0. The van der Waals surface area contributed by atoms with Gasteiger partial charge in [0.2, 0.25) is 0 Å². The molecule has 2 rings (SSSR count). The lowest BCUT2D eigenvalue weighted by atomic mass is 9.94. The molecule has 122 valence electrons. The zero-order valence-corrected chi connectivity index (χ0v) is 14.4. The summed E-state index contributed by atoms with van der Waals surface area (Å²) in [7, 11) is 3.10. The van der Waals surface area contributed by atoms with Crippen LogP contribution in [-0.2, 0) is 5.54 Å². The maximum Gasteiger partial charge on any atom is 0.252 e. The predicted octanol–water partition coefficient (Wildman–Crippen LogP) is 4.02. The van der Waals surface area contributed by atoms with E-state index in [9.17, 15) is 4.79 Å². The molecule has 0 aromatic heterocycles. The molecule has 0 aliphatic heterocycles. The molecule has 0 aliphatic carbocycles. The molecule has 5 heteroatoms. The number of nitrogens with one attached hydrogen (secondary N) is 1. The fraction of sp³-hybridized carbons (Fsp3) is 0.278. The van der Waals surface area contributed by atoms with Gasteiger partial charge in [0, 0.05) is 16.7 Å². The van der Waals surface area contributed by atoms with Crippen molar-refractivity contribution in [1.82, 2.24) is 5.32 Å². The Kier molecular flexibility index (Phi) is 5.16. The van der Waals surface area contributed by atoms with Crippen LogP contribution in [0.2, 0.25) is 5.02 Å². The Morgan fingerprint density at radius 1 is 1.04 bits per heavy atom. The minimum Gasteiger partial charge on any atom is -0.497 e. The minimum absolute atomic E-state index is 0.216. The molecule has 0 bridgehead atoms. The van der Waals surface area contributed by atoms with Crippen LogP contribution < -0.4 is 14.8 Å². The van der Waals surface area contributed by atoms with Gasteiger partial charge in [-0.1, -0.05) is 23.7 Å². The first-order valence-corrected chi connectivity index (χ1v) is 7.55. The first-order chi connectivity index (χ1) is 10.9. The van der Waals surface area contributed by atoms with E-state index in [0.717, 1.165) is 5.56 Å². The summed E-state index contributed by atoms with van der Waals surface area (Å²) in [5, 5.41) is 3.64. The smallest absolute Gasteiger partial charge is 0.252 e. The van der Waals surface area contributed by atoms with Crippen molar-refractivity contribution in [2.75, 3.05) is 14.2 Å². The van der Waals surface area contributed by atoms with Gasteiger partial charge in [-0.25, -0.2) is 0 Å². The van der Waals surface area contributed by atoms with Crippen LogP contribution in [0.15, 0.2) is 42.5 Å². The van der Waals surface area contributed by atoms with Crippen LogP contribution >= 0.6 is 11.6 Å². The molecule has 0 saturated carbocycles. The summed E-state index contributed by atoms with van der Waals surface area (Å²) in [5.74, 6) is 0.914. The lowest BCUT2D eigenvalue weighted by Crippen LogP contribution is -2.41. The fourth-order valence-corrected chi connectivity index (χ4v) is 2.43. The van der Waals surface area contributed by atoms with E-state index < -0.39 is 5.54 Å². The van der Waals surface area contributed by atoms with Crippen molar-refractivity contribution in [1.29, 1.82) is 0 Å². The second-order valence-electron chi connectivity index (χ2n) is 5.69. The highest BCUT2D eigenvalue weighted by atomic mass is 35.5. The van der Waals surface area contributed by atoms with Crippen molar-refractivity contribution in [3.05, 3.63) is 58.6 Å². The average Bonchev–Trinajstić information content (AvgIpc) is 2.53. The molecule has 0 unspecified atom stereocenters. The van der Waals surface area contributed by atoms with E-state index in [1.165, 1.54) is 0 Å². The average molecular weight is 334 g/mol. The number of methoxy groups -OCH3 is 2. The van der Waals surface area contributed by atoms with Crippen molar-refractivity contribution < 1.29 is 14.3 Å². The number of halogens is 1. The van der Waals surface area contributed by atoms with E-state index in [1.54, 1.807) is 38.5 Å². The Bertz CT molecular complexity index is 691. The SMILES string of the molecule is COc1cc(OC)cc(C(=O)NC(C)(C)c2cccc(Cl)c2)c1. The van der Waals surface area contributed by atoms with Crippen LogP contribution in [0.1, 0.15) is 29.8 Å². The summed E-state index contributed by atoms with van der Waals surface area (Å²) in [5.41, 5.74) is 0.822. The lowest BCUT2D eigenvalue weighted by Gasteiger charge is -2.27. The Morgan fingerprint density at radius 2 is 1.65 bits per heavy atom. The highest BCUT2D eigenvalue weighted by Gasteiger charge is 2.24. The van der Waals surface area contributed by atoms with E-state index in [2.05, 4.69) is 5.32 Å². The van der Waals surface area contributed by atoms with E-state index in [1.807, 2.05) is 32.0 Å². The predicted molar refractivity (Wildman–Crippen MR) is 91.5 cm³/mol. The van der Waals surface area contributed by atoms with Crippen LogP contribution in [0.25, 0.3) is 0 Å². The summed E-state index contributed by atoms with van der Waals surface area (Å²) < 4.78 is 10.4. The summed E-state index contributed by atoms with van der Waals surface area (Å²) >= 11 is 6.04. The standard InChI is InChI=1S/C18H20ClNO3/c1-18(2,13-6-5-7-14(19)10-13)20-17(21)12-8-15(22-3)11-16(9-12)23-4/h5-11H,1-4H3,(H,20,21). The lowest BCUT2D eigenvalue weighted by molar-refractivity contribution is 0.0911. The van der Waals surface area contributed by atoms with Gasteiger partial charge in [-0.3, -0.25) is 4.79 Å². The van der Waals surface area contributed by atoms with Crippen molar-refractivity contribution in [3.63, 3.8) is 0 Å². The molecular formula is C18H20ClNO3. The third-order valence-electron chi connectivity index (χ3n) is 3.59. The largest absolute Gasteiger partial charge is 0.497 e. The van der Waals surface area contributed by atoms with Crippen molar-refractivity contribution in [2.45, 2.75) is 19.4 Å². The molecule has 0 radical (unpaired) electrons. The topological polar surface area (TPSA) is 47.6 Å². The maximum absolute atomic E-state index is 12.6. The zero-order chi connectivity index (χ0) is 17.0. The van der Waals surface area contributed by atoms with Crippen molar-refractivity contribution >= 4 is 17.5 Å². The van der Waals surface area contributed by atoms with Crippen LogP contribution in [0.5, 0.6) is 11.5 Å². The monoisotopic (exact) mass is 333 g/mol. The summed E-state index contributed by atoms with van der Waals surface area (Å²) in [4.78, 5) is 12.6. The number of benzene rings is 2. The number of rotatable bonds is 5. The third-order valence-corrected chi connectivity index (χ3v) is 3.82. The van der Waals surface area contributed by atoms with Crippen LogP contribution in [-0.4, -0.2) is 20.1 Å². The van der Waals surface area contributed by atoms with E-state index in [-0.39, 0.29) is 5.91 Å².